The van der Waals surface area contributed by atoms with E-state index in [4.69, 9.17) is 15.1 Å². The Kier molecular flexibility index (Phi) is 4.99. The van der Waals surface area contributed by atoms with Crippen molar-refractivity contribution >= 4 is 25.6 Å². The summed E-state index contributed by atoms with van der Waals surface area (Å²) in [5.74, 6) is 0.174. The van der Waals surface area contributed by atoms with Crippen LogP contribution in [0, 0.1) is 12.8 Å². The Hall–Kier alpha value is -1.01. The summed E-state index contributed by atoms with van der Waals surface area (Å²) in [5.41, 5.74) is 0. The van der Waals surface area contributed by atoms with Gasteiger partial charge in [0.1, 0.15) is 10.7 Å². The second-order valence-corrected chi connectivity index (χ2v) is 8.16. The van der Waals surface area contributed by atoms with E-state index < -0.39 is 15.0 Å². The summed E-state index contributed by atoms with van der Waals surface area (Å²) in [5, 5.41) is 2.89. The van der Waals surface area contributed by atoms with Gasteiger partial charge in [-0.3, -0.25) is 4.79 Å². The number of rotatable bonds is 4. The lowest BCUT2D eigenvalue weighted by Crippen LogP contribution is -2.38. The Labute approximate surface area is 129 Å². The molecule has 5 nitrogen and oxygen atoms in total. The highest BCUT2D eigenvalue weighted by Crippen LogP contribution is 2.27. The van der Waals surface area contributed by atoms with Crippen molar-refractivity contribution in [2.45, 2.75) is 56.9 Å². The van der Waals surface area contributed by atoms with Crippen molar-refractivity contribution in [3.05, 3.63) is 17.6 Å². The molecule has 0 radical (unpaired) electrons. The molecule has 2 rings (SSSR count). The van der Waals surface area contributed by atoms with Crippen molar-refractivity contribution < 1.29 is 17.6 Å². The molecule has 0 bridgehead atoms. The first kappa shape index (κ1) is 16.4. The predicted octanol–water partition coefficient (Wildman–Crippen LogP) is 3.21. The standard InChI is InChI=1S/C14H20ClNO4S/c1-9(11-6-4-3-5-7-11)16-14(17)12-8-13(10(2)20-12)21(15,18)19/h8-9,11H,3-7H2,1-2H3,(H,16,17). The van der Waals surface area contributed by atoms with Gasteiger partial charge in [0.2, 0.25) is 0 Å². The SMILES string of the molecule is Cc1oc(C(=O)NC(C)C2CCCCC2)cc1S(=O)(=O)Cl. The minimum absolute atomic E-state index is 0.0191. The van der Waals surface area contributed by atoms with Crippen LogP contribution in [0.3, 0.4) is 0 Å². The largest absolute Gasteiger partial charge is 0.455 e. The van der Waals surface area contributed by atoms with Crippen molar-refractivity contribution in [2.24, 2.45) is 5.92 Å². The van der Waals surface area contributed by atoms with Crippen LogP contribution in [0.1, 0.15) is 55.3 Å². The molecule has 0 saturated heterocycles. The lowest BCUT2D eigenvalue weighted by atomic mass is 9.84. The van der Waals surface area contributed by atoms with Crippen LogP contribution in [0.4, 0.5) is 0 Å². The van der Waals surface area contributed by atoms with Gasteiger partial charge in [0.25, 0.3) is 15.0 Å². The summed E-state index contributed by atoms with van der Waals surface area (Å²) in [6.07, 6.45) is 5.87. The second-order valence-electron chi connectivity index (χ2n) is 5.63. The van der Waals surface area contributed by atoms with Gasteiger partial charge in [0.05, 0.1) is 0 Å². The maximum absolute atomic E-state index is 12.1. The van der Waals surface area contributed by atoms with Gasteiger partial charge >= 0.3 is 0 Å². The van der Waals surface area contributed by atoms with Gasteiger partial charge in [0, 0.05) is 22.8 Å². The third-order valence-corrected chi connectivity index (χ3v) is 5.50. The van der Waals surface area contributed by atoms with Gasteiger partial charge in [-0.1, -0.05) is 19.3 Å². The molecule has 1 unspecified atom stereocenters. The number of carbonyl (C=O) groups excluding carboxylic acids is 1. The number of halogens is 1. The fourth-order valence-electron chi connectivity index (χ4n) is 2.85. The number of hydrogen-bond acceptors (Lipinski definition) is 4. The van der Waals surface area contributed by atoms with Crippen molar-refractivity contribution in [1.82, 2.24) is 5.32 Å². The second kappa shape index (κ2) is 6.40. The van der Waals surface area contributed by atoms with E-state index in [1.54, 1.807) is 0 Å². The normalized spacial score (nSPS) is 18.4. The lowest BCUT2D eigenvalue weighted by molar-refractivity contribution is 0.0890. The Balaban J connectivity index is 2.06. The van der Waals surface area contributed by atoms with Crippen molar-refractivity contribution in [3.63, 3.8) is 0 Å². The van der Waals surface area contributed by atoms with E-state index in [0.29, 0.717) is 5.92 Å². The van der Waals surface area contributed by atoms with Crippen LogP contribution in [-0.2, 0) is 9.05 Å². The first-order valence-electron chi connectivity index (χ1n) is 7.15. The van der Waals surface area contributed by atoms with Crippen LogP contribution in [0.15, 0.2) is 15.4 Å². The summed E-state index contributed by atoms with van der Waals surface area (Å²) in [4.78, 5) is 12.0. The van der Waals surface area contributed by atoms with Crippen LogP contribution >= 0.6 is 10.7 Å². The molecule has 0 spiro atoms. The molecule has 1 amide bonds. The Morgan fingerprint density at radius 2 is 2.00 bits per heavy atom. The number of amides is 1. The third-order valence-electron chi connectivity index (χ3n) is 4.07. The van der Waals surface area contributed by atoms with Crippen LogP contribution in [-0.4, -0.2) is 20.4 Å². The highest BCUT2D eigenvalue weighted by atomic mass is 35.7. The Bertz CT molecular complexity index is 617. The van der Waals surface area contributed by atoms with Crippen molar-refractivity contribution in [3.8, 4) is 0 Å². The molecule has 1 saturated carbocycles. The van der Waals surface area contributed by atoms with E-state index in [0.717, 1.165) is 12.8 Å². The molecule has 21 heavy (non-hydrogen) atoms. The maximum atomic E-state index is 12.1. The molecule has 0 aromatic carbocycles. The Morgan fingerprint density at radius 3 is 2.52 bits per heavy atom. The summed E-state index contributed by atoms with van der Waals surface area (Å²) in [6.45, 7) is 3.44. The number of furan rings is 1. The molecule has 7 heteroatoms. The van der Waals surface area contributed by atoms with E-state index >= 15 is 0 Å². The molecule has 1 heterocycles. The fourth-order valence-corrected chi connectivity index (χ4v) is 3.94. The summed E-state index contributed by atoms with van der Waals surface area (Å²) in [6, 6.07) is 1.22. The Morgan fingerprint density at radius 1 is 1.38 bits per heavy atom. The molecule has 0 aliphatic heterocycles. The van der Waals surface area contributed by atoms with E-state index in [1.165, 1.54) is 32.3 Å². The summed E-state index contributed by atoms with van der Waals surface area (Å²) < 4.78 is 27.9. The molecule has 1 atom stereocenters. The number of carbonyl (C=O) groups is 1. The first-order chi connectivity index (χ1) is 9.79. The van der Waals surface area contributed by atoms with E-state index in [9.17, 15) is 13.2 Å². The van der Waals surface area contributed by atoms with Crippen molar-refractivity contribution in [2.75, 3.05) is 0 Å². The number of hydrogen-bond donors (Lipinski definition) is 1. The molecule has 1 aromatic rings. The highest BCUT2D eigenvalue weighted by molar-refractivity contribution is 8.13. The number of aryl methyl sites for hydroxylation is 1. The van der Waals surface area contributed by atoms with Crippen LogP contribution in [0.2, 0.25) is 0 Å². The van der Waals surface area contributed by atoms with Gasteiger partial charge in [-0.05, 0) is 32.6 Å². The fraction of sp³-hybridized carbons (Fsp3) is 0.643. The van der Waals surface area contributed by atoms with Gasteiger partial charge in [0.15, 0.2) is 5.76 Å². The zero-order chi connectivity index (χ0) is 15.6. The lowest BCUT2D eigenvalue weighted by Gasteiger charge is -2.27. The monoisotopic (exact) mass is 333 g/mol. The molecule has 1 aliphatic carbocycles. The van der Waals surface area contributed by atoms with Gasteiger partial charge in [-0.15, -0.1) is 0 Å². The smallest absolute Gasteiger partial charge is 0.287 e. The van der Waals surface area contributed by atoms with Crippen LogP contribution < -0.4 is 5.32 Å². The molecule has 1 aliphatic rings. The minimum atomic E-state index is -3.90. The average Bonchev–Trinajstić information content (AvgIpc) is 2.82. The van der Waals surface area contributed by atoms with Crippen molar-refractivity contribution in [1.29, 1.82) is 0 Å². The quantitative estimate of drug-likeness (QED) is 0.858. The van der Waals surface area contributed by atoms with E-state index in [2.05, 4.69) is 5.32 Å². The van der Waals surface area contributed by atoms with E-state index in [-0.39, 0.29) is 22.5 Å². The molecule has 1 fully saturated rings. The predicted molar refractivity (Wildman–Crippen MR) is 80.0 cm³/mol. The third kappa shape index (κ3) is 4.01. The molecular weight excluding hydrogens is 314 g/mol. The van der Waals surface area contributed by atoms with Gasteiger partial charge < -0.3 is 9.73 Å². The molecule has 1 N–H and O–H groups in total. The minimum Gasteiger partial charge on any atom is -0.455 e. The zero-order valence-electron chi connectivity index (χ0n) is 12.2. The first-order valence-corrected chi connectivity index (χ1v) is 9.46. The van der Waals surface area contributed by atoms with Gasteiger partial charge in [-0.2, -0.15) is 0 Å². The topological polar surface area (TPSA) is 76.4 Å². The summed E-state index contributed by atoms with van der Waals surface area (Å²) in [7, 11) is 1.39. The van der Waals surface area contributed by atoms with E-state index in [1.807, 2.05) is 6.92 Å². The van der Waals surface area contributed by atoms with Gasteiger partial charge in [-0.25, -0.2) is 8.42 Å². The summed E-state index contributed by atoms with van der Waals surface area (Å²) >= 11 is 0. The van der Waals surface area contributed by atoms with Crippen LogP contribution in [0.5, 0.6) is 0 Å². The average molecular weight is 334 g/mol. The molecular formula is C14H20ClNO4S. The van der Waals surface area contributed by atoms with Crippen LogP contribution in [0.25, 0.3) is 0 Å². The number of nitrogens with one attached hydrogen (secondary N) is 1. The zero-order valence-corrected chi connectivity index (χ0v) is 13.8. The maximum Gasteiger partial charge on any atom is 0.287 e. The molecule has 118 valence electrons. The molecule has 1 aromatic heterocycles. The highest BCUT2D eigenvalue weighted by Gasteiger charge is 2.25.